The molecular weight excluding hydrogens is 449 g/mol. The summed E-state index contributed by atoms with van der Waals surface area (Å²) in [6, 6.07) is 3.35. The standard InChI is InChI=1S/C27H36FN3O4/c1-16-5-8-23(26(32)29-16)31-15-21-20(27(31)33)7-6-19(25(21)28)14-24-22(4-3-11-35-24)30-17(2)18-9-12-34-13-10-18/h6-7,17-18,22-24,30H,1,3-5,8-15H2,2H3,(H,29,32)/t17-,22+,23?,24-/m1/s1. The predicted molar refractivity (Wildman–Crippen MR) is 129 cm³/mol. The van der Waals surface area contributed by atoms with Crippen LogP contribution in [0.2, 0.25) is 0 Å². The largest absolute Gasteiger partial charge is 0.381 e. The van der Waals surface area contributed by atoms with Crippen LogP contribution in [0.3, 0.4) is 0 Å². The molecule has 4 aliphatic heterocycles. The van der Waals surface area contributed by atoms with E-state index in [2.05, 4.69) is 24.1 Å². The number of nitrogens with one attached hydrogen (secondary N) is 2. The highest BCUT2D eigenvalue weighted by Gasteiger charge is 2.40. The molecular formula is C27H36FN3O4. The number of nitrogens with zero attached hydrogens (tertiary/aromatic N) is 1. The molecule has 0 saturated carbocycles. The maximum atomic E-state index is 15.7. The summed E-state index contributed by atoms with van der Waals surface area (Å²) < 4.78 is 27.3. The van der Waals surface area contributed by atoms with Gasteiger partial charge in [-0.25, -0.2) is 4.39 Å². The highest BCUT2D eigenvalue weighted by molar-refractivity contribution is 6.01. The number of hydrogen-bond donors (Lipinski definition) is 2. The van der Waals surface area contributed by atoms with Gasteiger partial charge in [-0.05, 0) is 63.0 Å². The first-order valence-corrected chi connectivity index (χ1v) is 13.0. The Morgan fingerprint density at radius 3 is 2.77 bits per heavy atom. The summed E-state index contributed by atoms with van der Waals surface area (Å²) in [4.78, 5) is 27.0. The van der Waals surface area contributed by atoms with Crippen molar-refractivity contribution in [2.45, 2.75) is 82.6 Å². The van der Waals surface area contributed by atoms with E-state index in [-0.39, 0.29) is 36.3 Å². The Labute approximate surface area is 206 Å². The lowest BCUT2D eigenvalue weighted by atomic mass is 9.89. The number of amides is 2. The molecule has 35 heavy (non-hydrogen) atoms. The zero-order chi connectivity index (χ0) is 24.5. The molecule has 4 heterocycles. The van der Waals surface area contributed by atoms with Crippen LogP contribution in [-0.2, 0) is 27.2 Å². The van der Waals surface area contributed by atoms with Gasteiger partial charge in [-0.1, -0.05) is 12.6 Å². The second kappa shape index (κ2) is 10.4. The minimum absolute atomic E-state index is 0.117. The molecule has 8 heteroatoms. The third-order valence-electron chi connectivity index (χ3n) is 8.15. The number of benzene rings is 1. The smallest absolute Gasteiger partial charge is 0.255 e. The minimum Gasteiger partial charge on any atom is -0.381 e. The molecule has 4 aliphatic rings. The van der Waals surface area contributed by atoms with E-state index in [0.29, 0.717) is 60.2 Å². The Balaban J connectivity index is 1.28. The Morgan fingerprint density at radius 1 is 1.20 bits per heavy atom. The summed E-state index contributed by atoms with van der Waals surface area (Å²) in [5, 5.41) is 6.51. The average molecular weight is 486 g/mol. The summed E-state index contributed by atoms with van der Waals surface area (Å²) >= 11 is 0. The molecule has 0 spiro atoms. The third-order valence-corrected chi connectivity index (χ3v) is 8.15. The van der Waals surface area contributed by atoms with Gasteiger partial charge in [0.1, 0.15) is 11.9 Å². The number of allylic oxidation sites excluding steroid dienone is 1. The number of carbonyl (C=O) groups excluding carboxylic acids is 2. The van der Waals surface area contributed by atoms with Crippen LogP contribution in [0.5, 0.6) is 0 Å². The van der Waals surface area contributed by atoms with Crippen molar-refractivity contribution in [3.63, 3.8) is 0 Å². The normalized spacial score (nSPS) is 28.7. The molecule has 190 valence electrons. The van der Waals surface area contributed by atoms with Crippen LogP contribution in [0.4, 0.5) is 4.39 Å². The monoisotopic (exact) mass is 485 g/mol. The van der Waals surface area contributed by atoms with E-state index >= 15 is 4.39 Å². The van der Waals surface area contributed by atoms with E-state index in [1.54, 1.807) is 12.1 Å². The van der Waals surface area contributed by atoms with E-state index in [1.165, 1.54) is 4.90 Å². The van der Waals surface area contributed by atoms with Crippen molar-refractivity contribution in [2.24, 2.45) is 5.92 Å². The lowest BCUT2D eigenvalue weighted by Gasteiger charge is -2.37. The van der Waals surface area contributed by atoms with Gasteiger partial charge in [0.25, 0.3) is 5.91 Å². The van der Waals surface area contributed by atoms with Gasteiger partial charge in [0.2, 0.25) is 5.91 Å². The van der Waals surface area contributed by atoms with E-state index in [9.17, 15) is 9.59 Å². The molecule has 0 aromatic heterocycles. The van der Waals surface area contributed by atoms with Gasteiger partial charge in [-0.2, -0.15) is 0 Å². The number of halogens is 1. The van der Waals surface area contributed by atoms with Crippen molar-refractivity contribution in [2.75, 3.05) is 19.8 Å². The SMILES string of the molecule is C=C1CCC(N2Cc3c(ccc(C[C@H]4OCCC[C@@H]4N[C@H](C)C4CCOCC4)c3F)C2=O)C(=O)N1. The third kappa shape index (κ3) is 5.01. The molecule has 2 amide bonds. The molecule has 5 rings (SSSR count). The van der Waals surface area contributed by atoms with Crippen molar-refractivity contribution in [1.29, 1.82) is 0 Å². The maximum absolute atomic E-state index is 15.7. The Kier molecular flexibility index (Phi) is 7.23. The topological polar surface area (TPSA) is 79.9 Å². The number of fused-ring (bicyclic) bond motifs is 1. The molecule has 0 aliphatic carbocycles. The van der Waals surface area contributed by atoms with E-state index < -0.39 is 6.04 Å². The molecule has 1 aromatic rings. The fraction of sp³-hybridized carbons (Fsp3) is 0.630. The van der Waals surface area contributed by atoms with Crippen molar-refractivity contribution in [3.8, 4) is 0 Å². The highest BCUT2D eigenvalue weighted by Crippen LogP contribution is 2.32. The molecule has 0 radical (unpaired) electrons. The van der Waals surface area contributed by atoms with Crippen LogP contribution in [0.15, 0.2) is 24.4 Å². The predicted octanol–water partition coefficient (Wildman–Crippen LogP) is 3.07. The van der Waals surface area contributed by atoms with Crippen LogP contribution in [0.1, 0.15) is 66.9 Å². The van der Waals surface area contributed by atoms with Gasteiger partial charge in [0.15, 0.2) is 0 Å². The summed E-state index contributed by atoms with van der Waals surface area (Å²) in [6.45, 7) is 8.45. The van der Waals surface area contributed by atoms with Crippen LogP contribution in [0, 0.1) is 11.7 Å². The Bertz CT molecular complexity index is 993. The molecule has 1 unspecified atom stereocenters. The van der Waals surface area contributed by atoms with Gasteiger partial charge in [-0.3, -0.25) is 9.59 Å². The second-order valence-corrected chi connectivity index (χ2v) is 10.4. The fourth-order valence-corrected chi connectivity index (χ4v) is 6.03. The van der Waals surface area contributed by atoms with Gasteiger partial charge < -0.3 is 25.0 Å². The number of piperidine rings is 1. The second-order valence-electron chi connectivity index (χ2n) is 10.4. The van der Waals surface area contributed by atoms with Crippen molar-refractivity contribution in [3.05, 3.63) is 46.9 Å². The average Bonchev–Trinajstić information content (AvgIpc) is 3.19. The molecule has 7 nitrogen and oxygen atoms in total. The quantitative estimate of drug-likeness (QED) is 0.648. The van der Waals surface area contributed by atoms with Crippen molar-refractivity contribution < 1.29 is 23.5 Å². The molecule has 3 fully saturated rings. The van der Waals surface area contributed by atoms with E-state index in [4.69, 9.17) is 9.47 Å². The Morgan fingerprint density at radius 2 is 2.00 bits per heavy atom. The summed E-state index contributed by atoms with van der Waals surface area (Å²) in [5.74, 6) is -0.290. The van der Waals surface area contributed by atoms with Crippen molar-refractivity contribution in [1.82, 2.24) is 15.5 Å². The number of hydrogen-bond acceptors (Lipinski definition) is 5. The molecule has 1 aromatic carbocycles. The van der Waals surface area contributed by atoms with Gasteiger partial charge in [0, 0.05) is 55.1 Å². The van der Waals surface area contributed by atoms with Crippen molar-refractivity contribution >= 4 is 11.8 Å². The molecule has 4 atom stereocenters. The van der Waals surface area contributed by atoms with E-state index in [1.807, 2.05) is 0 Å². The number of carbonyl (C=O) groups is 2. The van der Waals surface area contributed by atoms with Gasteiger partial charge >= 0.3 is 0 Å². The molecule has 0 bridgehead atoms. The van der Waals surface area contributed by atoms with Crippen LogP contribution < -0.4 is 10.6 Å². The molecule has 3 saturated heterocycles. The van der Waals surface area contributed by atoms with Crippen LogP contribution in [0.25, 0.3) is 0 Å². The van der Waals surface area contributed by atoms with Gasteiger partial charge in [0.05, 0.1) is 12.6 Å². The lowest BCUT2D eigenvalue weighted by molar-refractivity contribution is -0.126. The summed E-state index contributed by atoms with van der Waals surface area (Å²) in [6.07, 6.45) is 5.56. The summed E-state index contributed by atoms with van der Waals surface area (Å²) in [5.41, 5.74) is 1.97. The number of ether oxygens (including phenoxy) is 2. The van der Waals surface area contributed by atoms with Gasteiger partial charge in [-0.15, -0.1) is 0 Å². The number of rotatable bonds is 6. The Hall–Kier alpha value is -2.29. The zero-order valence-corrected chi connectivity index (χ0v) is 20.5. The maximum Gasteiger partial charge on any atom is 0.255 e. The van der Waals surface area contributed by atoms with E-state index in [0.717, 1.165) is 38.9 Å². The molecule has 2 N–H and O–H groups in total. The zero-order valence-electron chi connectivity index (χ0n) is 20.5. The minimum atomic E-state index is -0.592. The first kappa shape index (κ1) is 24.4. The highest BCUT2D eigenvalue weighted by atomic mass is 19.1. The van der Waals surface area contributed by atoms with Crippen LogP contribution in [-0.4, -0.2) is 60.8 Å². The first-order valence-electron chi connectivity index (χ1n) is 13.0. The lowest BCUT2D eigenvalue weighted by Crippen LogP contribution is -2.51. The fourth-order valence-electron chi connectivity index (χ4n) is 6.03. The first-order chi connectivity index (χ1) is 16.9. The van der Waals surface area contributed by atoms with Crippen LogP contribution >= 0.6 is 0 Å². The summed E-state index contributed by atoms with van der Waals surface area (Å²) in [7, 11) is 0.